The van der Waals surface area contributed by atoms with Gasteiger partial charge in [-0.15, -0.1) is 0 Å². The molecule has 2 aromatic heterocycles. The number of nitrogens with zero attached hydrogens (tertiary/aromatic N) is 4. The number of H-pyrrole nitrogens is 1. The first-order valence-electron chi connectivity index (χ1n) is 10.9. The minimum absolute atomic E-state index is 0.304. The Hall–Kier alpha value is -2.88. The van der Waals surface area contributed by atoms with E-state index in [1.807, 2.05) is 13.0 Å². The summed E-state index contributed by atoms with van der Waals surface area (Å²) < 4.78 is 25.2. The third kappa shape index (κ3) is 4.36. The first-order chi connectivity index (χ1) is 15.5. The topological polar surface area (TPSA) is 102 Å². The Morgan fingerprint density at radius 2 is 1.78 bits per heavy atom. The minimum atomic E-state index is -0.664. The smallest absolute Gasteiger partial charge is 0.225 e. The third-order valence-electron chi connectivity index (χ3n) is 5.73. The average Bonchev–Trinajstić information content (AvgIpc) is 3.26. The molecule has 0 amide bonds. The Labute approximate surface area is 186 Å². The highest BCUT2D eigenvalue weighted by atomic mass is 19.1. The van der Waals surface area contributed by atoms with Crippen LogP contribution >= 0.6 is 0 Å². The van der Waals surface area contributed by atoms with Crippen molar-refractivity contribution in [2.24, 2.45) is 5.73 Å². The van der Waals surface area contributed by atoms with Crippen LogP contribution in [0.3, 0.4) is 0 Å². The van der Waals surface area contributed by atoms with Crippen LogP contribution in [0.4, 0.5) is 10.3 Å². The lowest BCUT2D eigenvalue weighted by atomic mass is 10.1. The van der Waals surface area contributed by atoms with Crippen LogP contribution in [-0.4, -0.2) is 51.8 Å². The number of aromatic nitrogens is 4. The molecule has 5 rings (SSSR count). The van der Waals surface area contributed by atoms with Crippen molar-refractivity contribution in [1.29, 1.82) is 0 Å². The van der Waals surface area contributed by atoms with Crippen molar-refractivity contribution in [2.75, 3.05) is 31.2 Å². The number of halogens is 1. The van der Waals surface area contributed by atoms with Gasteiger partial charge >= 0.3 is 0 Å². The second-order valence-corrected chi connectivity index (χ2v) is 8.75. The molecule has 0 aliphatic carbocycles. The zero-order valence-electron chi connectivity index (χ0n) is 18.1. The normalized spacial score (nSPS) is 24.0. The lowest BCUT2D eigenvalue weighted by Gasteiger charge is -2.33. The summed E-state index contributed by atoms with van der Waals surface area (Å²) in [5.74, 6) is 0.919. The largest absolute Gasteiger partial charge is 0.344 e. The summed E-state index contributed by atoms with van der Waals surface area (Å²) in [7, 11) is 0. The van der Waals surface area contributed by atoms with Gasteiger partial charge in [-0.05, 0) is 56.5 Å². The van der Waals surface area contributed by atoms with E-state index in [0.717, 1.165) is 31.5 Å². The Balaban J connectivity index is 1.53. The maximum atomic E-state index is 13.5. The van der Waals surface area contributed by atoms with E-state index in [2.05, 4.69) is 14.9 Å². The van der Waals surface area contributed by atoms with Gasteiger partial charge in [0.05, 0.1) is 35.8 Å². The first-order valence-corrected chi connectivity index (χ1v) is 10.9. The fraction of sp³-hybridized carbons (Fsp3) is 0.435. The molecule has 2 aliphatic rings. The summed E-state index contributed by atoms with van der Waals surface area (Å²) >= 11 is 0. The van der Waals surface area contributed by atoms with Crippen molar-refractivity contribution in [3.8, 4) is 22.6 Å². The second-order valence-electron chi connectivity index (χ2n) is 8.75. The molecule has 32 heavy (non-hydrogen) atoms. The number of nitrogens with two attached hydrogens (primary N) is 1. The molecule has 2 saturated heterocycles. The zero-order valence-corrected chi connectivity index (χ0v) is 18.1. The average molecular weight is 439 g/mol. The van der Waals surface area contributed by atoms with Crippen molar-refractivity contribution in [3.05, 3.63) is 48.2 Å². The Morgan fingerprint density at radius 1 is 1.06 bits per heavy atom. The molecule has 1 aromatic carbocycles. The standard InChI is InChI=1S/C23H27FN6O2/c1-23(25)13-31-21(32-14-23)20-28-18(15-5-7-16(24)8-6-15)19(29-20)17-9-10-26-22(27-17)30-11-3-2-4-12-30/h5-10,21H,2-4,11-14,25H2,1H3,(H,28,29). The fourth-order valence-electron chi connectivity index (χ4n) is 4.02. The maximum Gasteiger partial charge on any atom is 0.225 e. The summed E-state index contributed by atoms with van der Waals surface area (Å²) in [6.07, 6.45) is 4.60. The second kappa shape index (κ2) is 8.57. The highest BCUT2D eigenvalue weighted by Crippen LogP contribution is 2.34. The Morgan fingerprint density at radius 3 is 2.50 bits per heavy atom. The number of anilines is 1. The Kier molecular flexibility index (Phi) is 5.62. The van der Waals surface area contributed by atoms with Gasteiger partial charge in [-0.25, -0.2) is 19.3 Å². The molecule has 9 heteroatoms. The lowest BCUT2D eigenvalue weighted by Crippen LogP contribution is -2.50. The van der Waals surface area contributed by atoms with Crippen molar-refractivity contribution < 1.29 is 13.9 Å². The van der Waals surface area contributed by atoms with E-state index in [4.69, 9.17) is 25.2 Å². The number of piperidine rings is 1. The summed E-state index contributed by atoms with van der Waals surface area (Å²) in [6, 6.07) is 8.08. The van der Waals surface area contributed by atoms with Gasteiger partial charge in [0, 0.05) is 24.8 Å². The van der Waals surface area contributed by atoms with E-state index in [1.165, 1.54) is 18.6 Å². The van der Waals surface area contributed by atoms with Crippen LogP contribution < -0.4 is 10.6 Å². The summed E-state index contributed by atoms with van der Waals surface area (Å²) in [6.45, 7) is 4.48. The number of hydrogen-bond acceptors (Lipinski definition) is 7. The van der Waals surface area contributed by atoms with Gasteiger partial charge in [0.1, 0.15) is 5.82 Å². The van der Waals surface area contributed by atoms with Gasteiger partial charge < -0.3 is 25.1 Å². The quantitative estimate of drug-likeness (QED) is 0.643. The molecule has 168 valence electrons. The van der Waals surface area contributed by atoms with Crippen molar-refractivity contribution in [3.63, 3.8) is 0 Å². The molecule has 4 heterocycles. The zero-order chi connectivity index (χ0) is 22.1. The molecule has 3 aromatic rings. The predicted molar refractivity (Wildman–Crippen MR) is 118 cm³/mol. The highest BCUT2D eigenvalue weighted by Gasteiger charge is 2.32. The number of benzene rings is 1. The minimum Gasteiger partial charge on any atom is -0.344 e. The first kappa shape index (κ1) is 21.0. The highest BCUT2D eigenvalue weighted by molar-refractivity contribution is 5.77. The van der Waals surface area contributed by atoms with Crippen LogP contribution in [0.2, 0.25) is 0 Å². The van der Waals surface area contributed by atoms with Gasteiger partial charge in [0.15, 0.2) is 5.82 Å². The molecule has 3 N–H and O–H groups in total. The van der Waals surface area contributed by atoms with E-state index in [1.54, 1.807) is 18.3 Å². The van der Waals surface area contributed by atoms with Crippen molar-refractivity contribution >= 4 is 5.95 Å². The molecular weight excluding hydrogens is 411 g/mol. The van der Waals surface area contributed by atoms with Crippen LogP contribution in [0.15, 0.2) is 36.5 Å². The monoisotopic (exact) mass is 438 g/mol. The molecule has 0 saturated carbocycles. The van der Waals surface area contributed by atoms with Crippen LogP contribution in [0, 0.1) is 5.82 Å². The van der Waals surface area contributed by atoms with Crippen molar-refractivity contribution in [2.45, 2.75) is 38.0 Å². The SMILES string of the molecule is CC1(N)COC(c2nc(-c3ccc(F)cc3)c(-c3ccnc(N4CCCCC4)n3)[nH]2)OC1. The molecule has 0 spiro atoms. The number of aromatic amines is 1. The molecule has 0 atom stereocenters. The van der Waals surface area contributed by atoms with Crippen LogP contribution in [0.25, 0.3) is 22.6 Å². The van der Waals surface area contributed by atoms with Crippen LogP contribution in [0.5, 0.6) is 0 Å². The summed E-state index contributed by atoms with van der Waals surface area (Å²) in [5.41, 5.74) is 8.39. The number of nitrogens with one attached hydrogen (secondary N) is 1. The number of ether oxygens (including phenoxy) is 2. The van der Waals surface area contributed by atoms with E-state index in [-0.39, 0.29) is 5.82 Å². The molecule has 0 unspecified atom stereocenters. The van der Waals surface area contributed by atoms with Gasteiger partial charge in [-0.1, -0.05) is 0 Å². The van der Waals surface area contributed by atoms with Gasteiger partial charge in [-0.2, -0.15) is 0 Å². The van der Waals surface area contributed by atoms with Crippen LogP contribution in [0.1, 0.15) is 38.3 Å². The molecule has 2 fully saturated rings. The van der Waals surface area contributed by atoms with Crippen molar-refractivity contribution in [1.82, 2.24) is 19.9 Å². The summed E-state index contributed by atoms with van der Waals surface area (Å²) in [5, 5.41) is 0. The number of rotatable bonds is 4. The van der Waals surface area contributed by atoms with Gasteiger partial charge in [0.25, 0.3) is 0 Å². The molecule has 2 aliphatic heterocycles. The van der Waals surface area contributed by atoms with Crippen LogP contribution in [-0.2, 0) is 9.47 Å². The molecule has 0 bridgehead atoms. The summed E-state index contributed by atoms with van der Waals surface area (Å²) in [4.78, 5) is 19.6. The Bertz CT molecular complexity index is 1070. The van der Waals surface area contributed by atoms with E-state index in [9.17, 15) is 4.39 Å². The molecule has 0 radical (unpaired) electrons. The maximum absolute atomic E-state index is 13.5. The predicted octanol–water partition coefficient (Wildman–Crippen LogP) is 3.43. The third-order valence-corrected chi connectivity index (χ3v) is 5.73. The fourth-order valence-corrected chi connectivity index (χ4v) is 4.02. The van der Waals surface area contributed by atoms with E-state index < -0.39 is 11.8 Å². The number of imidazole rings is 1. The molecule has 8 nitrogen and oxygen atoms in total. The van der Waals surface area contributed by atoms with Gasteiger partial charge in [0.2, 0.25) is 12.2 Å². The van der Waals surface area contributed by atoms with E-state index in [0.29, 0.717) is 42.1 Å². The number of hydrogen-bond donors (Lipinski definition) is 2. The lowest BCUT2D eigenvalue weighted by molar-refractivity contribution is -0.211. The molecular formula is C23H27FN6O2. The van der Waals surface area contributed by atoms with Gasteiger partial charge in [-0.3, -0.25) is 0 Å². The van der Waals surface area contributed by atoms with E-state index >= 15 is 0 Å².